The van der Waals surface area contributed by atoms with Gasteiger partial charge >= 0.3 is 6.09 Å². The van der Waals surface area contributed by atoms with E-state index in [0.717, 1.165) is 36.9 Å². The predicted octanol–water partition coefficient (Wildman–Crippen LogP) is 2.70. The summed E-state index contributed by atoms with van der Waals surface area (Å²) < 4.78 is 10.8. The van der Waals surface area contributed by atoms with Gasteiger partial charge < -0.3 is 20.1 Å². The topological polar surface area (TPSA) is 105 Å². The molecule has 2 aromatic rings. The summed E-state index contributed by atoms with van der Waals surface area (Å²) in [6, 6.07) is 11.5. The minimum atomic E-state index is -0.401. The molecule has 1 aromatic heterocycles. The van der Waals surface area contributed by atoms with E-state index in [1.807, 2.05) is 36.4 Å². The Morgan fingerprint density at radius 1 is 1.25 bits per heavy atom. The number of rotatable bonds is 6. The summed E-state index contributed by atoms with van der Waals surface area (Å²) >= 11 is 0. The Kier molecular flexibility index (Phi) is 5.57. The lowest BCUT2D eigenvalue weighted by atomic mass is 9.80. The molecular weight excluding hydrogens is 360 g/mol. The third-order valence-electron chi connectivity index (χ3n) is 5.16. The Balaban J connectivity index is 1.18. The van der Waals surface area contributed by atoms with Crippen LogP contribution in [0.1, 0.15) is 42.9 Å². The highest BCUT2D eigenvalue weighted by Crippen LogP contribution is 2.38. The lowest BCUT2D eigenvalue weighted by Crippen LogP contribution is -2.36. The van der Waals surface area contributed by atoms with Crippen LogP contribution in [-0.4, -0.2) is 41.0 Å². The molecule has 2 fully saturated rings. The Morgan fingerprint density at radius 3 is 2.82 bits per heavy atom. The number of H-pyrrole nitrogens is 1. The lowest BCUT2D eigenvalue weighted by Gasteiger charge is -2.33. The van der Waals surface area contributed by atoms with Gasteiger partial charge in [-0.25, -0.2) is 4.79 Å². The molecule has 1 aliphatic carbocycles. The van der Waals surface area contributed by atoms with Crippen LogP contribution in [0.5, 0.6) is 0 Å². The number of amides is 2. The van der Waals surface area contributed by atoms with Crippen molar-refractivity contribution in [3.8, 4) is 0 Å². The van der Waals surface area contributed by atoms with Gasteiger partial charge in [0.05, 0.1) is 0 Å². The van der Waals surface area contributed by atoms with Gasteiger partial charge in [0.25, 0.3) is 5.91 Å². The van der Waals surface area contributed by atoms with E-state index < -0.39 is 6.09 Å². The third-order valence-corrected chi connectivity index (χ3v) is 5.16. The number of aromatic amines is 1. The molecule has 0 radical (unpaired) electrons. The highest BCUT2D eigenvalue weighted by molar-refractivity contribution is 5.93. The van der Waals surface area contributed by atoms with Crippen molar-refractivity contribution in [1.82, 2.24) is 15.5 Å². The van der Waals surface area contributed by atoms with Gasteiger partial charge in [-0.15, -0.1) is 0 Å². The third kappa shape index (κ3) is 4.51. The van der Waals surface area contributed by atoms with Gasteiger partial charge in [-0.05, 0) is 31.2 Å². The second kappa shape index (κ2) is 8.43. The first-order chi connectivity index (χ1) is 13.7. The summed E-state index contributed by atoms with van der Waals surface area (Å²) in [4.78, 5) is 24.0. The Labute approximate surface area is 163 Å². The van der Waals surface area contributed by atoms with Crippen molar-refractivity contribution in [2.24, 2.45) is 0 Å². The molecule has 1 aromatic carbocycles. The van der Waals surface area contributed by atoms with Crippen LogP contribution in [-0.2, 0) is 20.8 Å². The molecule has 28 heavy (non-hydrogen) atoms. The number of carbonyl (C=O) groups excluding carboxylic acids is 2. The summed E-state index contributed by atoms with van der Waals surface area (Å²) in [6.07, 6.45) is 2.25. The minimum absolute atomic E-state index is 0.103. The number of nitrogens with zero attached hydrogens (tertiary/aromatic N) is 1. The number of alkyl carbamates (subject to hydrolysis) is 1. The van der Waals surface area contributed by atoms with Crippen molar-refractivity contribution < 1.29 is 19.1 Å². The largest absolute Gasteiger partial charge is 0.446 e. The number of hydrogen-bond acceptors (Lipinski definition) is 5. The van der Waals surface area contributed by atoms with Gasteiger partial charge in [0.15, 0.2) is 5.82 Å². The number of ether oxygens (including phenoxy) is 2. The van der Waals surface area contributed by atoms with Gasteiger partial charge in [0, 0.05) is 30.8 Å². The second-order valence-corrected chi connectivity index (χ2v) is 7.23. The quantitative estimate of drug-likeness (QED) is 0.710. The fourth-order valence-electron chi connectivity index (χ4n) is 3.48. The van der Waals surface area contributed by atoms with Crippen molar-refractivity contribution in [3.63, 3.8) is 0 Å². The molecule has 2 heterocycles. The summed E-state index contributed by atoms with van der Waals surface area (Å²) in [5, 5.41) is 12.7. The van der Waals surface area contributed by atoms with E-state index in [1.54, 1.807) is 0 Å². The highest BCUT2D eigenvalue weighted by Gasteiger charge is 2.34. The molecule has 148 valence electrons. The monoisotopic (exact) mass is 384 g/mol. The van der Waals surface area contributed by atoms with E-state index >= 15 is 0 Å². The van der Waals surface area contributed by atoms with Crippen LogP contribution in [0.25, 0.3) is 0 Å². The number of nitrogens with one attached hydrogen (secondary N) is 3. The molecule has 1 aliphatic heterocycles. The maximum Gasteiger partial charge on any atom is 0.407 e. The average Bonchev–Trinajstić information content (AvgIpc) is 3.35. The summed E-state index contributed by atoms with van der Waals surface area (Å²) in [5.74, 6) is 0.591. The molecule has 8 nitrogen and oxygen atoms in total. The standard InChI is InChI=1S/C20H24N4O4/c25-19(17-7-4-8-27-17)22-18-11-16(23-24-18)14-9-15(10-14)28-20(26)21-12-13-5-2-1-3-6-13/h1-3,5-6,11,14-15,17H,4,7-10,12H2,(H,21,26)(H2,22,23,24,25). The number of hydrogen-bond donors (Lipinski definition) is 3. The normalized spacial score (nSPS) is 23.6. The molecule has 1 saturated heterocycles. The molecule has 1 saturated carbocycles. The van der Waals surface area contributed by atoms with Crippen LogP contribution in [0.2, 0.25) is 0 Å². The first-order valence-electron chi connectivity index (χ1n) is 9.63. The fraction of sp³-hybridized carbons (Fsp3) is 0.450. The molecule has 1 atom stereocenters. The predicted molar refractivity (Wildman–Crippen MR) is 102 cm³/mol. The summed E-state index contributed by atoms with van der Waals surface area (Å²) in [7, 11) is 0. The van der Waals surface area contributed by atoms with Crippen LogP contribution in [0, 0.1) is 0 Å². The van der Waals surface area contributed by atoms with Crippen molar-refractivity contribution in [1.29, 1.82) is 0 Å². The zero-order chi connectivity index (χ0) is 19.3. The molecule has 2 amide bonds. The molecule has 0 bridgehead atoms. The van der Waals surface area contributed by atoms with Gasteiger partial charge in [-0.3, -0.25) is 9.89 Å². The number of anilines is 1. The maximum absolute atomic E-state index is 12.1. The van der Waals surface area contributed by atoms with E-state index in [-0.39, 0.29) is 24.0 Å². The molecule has 8 heteroatoms. The SMILES string of the molecule is O=C(NCc1ccccc1)OC1CC(c2cc(NC(=O)C3CCCO3)n[nH]2)C1. The first kappa shape index (κ1) is 18.5. The number of aromatic nitrogens is 2. The second-order valence-electron chi connectivity index (χ2n) is 7.23. The van der Waals surface area contributed by atoms with Crippen molar-refractivity contribution >= 4 is 17.8 Å². The van der Waals surface area contributed by atoms with Gasteiger partial charge in [-0.1, -0.05) is 30.3 Å². The van der Waals surface area contributed by atoms with Crippen LogP contribution in [0.3, 0.4) is 0 Å². The highest BCUT2D eigenvalue weighted by atomic mass is 16.6. The fourth-order valence-corrected chi connectivity index (χ4v) is 3.48. The Hall–Kier alpha value is -2.87. The average molecular weight is 384 g/mol. The van der Waals surface area contributed by atoms with E-state index in [2.05, 4.69) is 20.8 Å². The molecule has 4 rings (SSSR count). The van der Waals surface area contributed by atoms with E-state index in [9.17, 15) is 9.59 Å². The minimum Gasteiger partial charge on any atom is -0.446 e. The van der Waals surface area contributed by atoms with Gasteiger partial charge in [-0.2, -0.15) is 5.10 Å². The Bertz CT molecular complexity index is 811. The number of benzene rings is 1. The van der Waals surface area contributed by atoms with Gasteiger partial charge in [0.2, 0.25) is 0 Å². The van der Waals surface area contributed by atoms with Crippen molar-refractivity contribution in [2.45, 2.75) is 50.4 Å². The maximum atomic E-state index is 12.1. The molecule has 0 spiro atoms. The van der Waals surface area contributed by atoms with Crippen LogP contribution >= 0.6 is 0 Å². The summed E-state index contributed by atoms with van der Waals surface area (Å²) in [6.45, 7) is 1.08. The number of carbonyl (C=O) groups is 2. The molecule has 1 unspecified atom stereocenters. The molecular formula is C20H24N4O4. The smallest absolute Gasteiger partial charge is 0.407 e. The molecule has 3 N–H and O–H groups in total. The lowest BCUT2D eigenvalue weighted by molar-refractivity contribution is -0.124. The zero-order valence-corrected chi connectivity index (χ0v) is 15.5. The van der Waals surface area contributed by atoms with E-state index in [4.69, 9.17) is 9.47 Å². The zero-order valence-electron chi connectivity index (χ0n) is 15.5. The van der Waals surface area contributed by atoms with Crippen molar-refractivity contribution in [3.05, 3.63) is 47.7 Å². The van der Waals surface area contributed by atoms with Crippen LogP contribution in [0.4, 0.5) is 10.6 Å². The first-order valence-corrected chi connectivity index (χ1v) is 9.63. The van der Waals surface area contributed by atoms with Crippen molar-refractivity contribution in [2.75, 3.05) is 11.9 Å². The van der Waals surface area contributed by atoms with Crippen LogP contribution < -0.4 is 10.6 Å². The van der Waals surface area contributed by atoms with Gasteiger partial charge in [0.1, 0.15) is 12.2 Å². The van der Waals surface area contributed by atoms with Crippen LogP contribution in [0.15, 0.2) is 36.4 Å². The van der Waals surface area contributed by atoms with E-state index in [1.165, 1.54) is 0 Å². The van der Waals surface area contributed by atoms with E-state index in [0.29, 0.717) is 19.0 Å². The summed E-state index contributed by atoms with van der Waals surface area (Å²) in [5.41, 5.74) is 1.97. The molecule has 2 aliphatic rings. The Morgan fingerprint density at radius 2 is 2.07 bits per heavy atom.